The van der Waals surface area contributed by atoms with Crippen molar-refractivity contribution in [1.29, 1.82) is 0 Å². The van der Waals surface area contributed by atoms with Crippen LogP contribution in [0.25, 0.3) is 10.9 Å². The Hall–Kier alpha value is -2.26. The van der Waals surface area contributed by atoms with Gasteiger partial charge in [-0.1, -0.05) is 24.3 Å². The van der Waals surface area contributed by atoms with Gasteiger partial charge in [0.2, 0.25) is 0 Å². The van der Waals surface area contributed by atoms with Crippen molar-refractivity contribution in [3.05, 3.63) is 71.7 Å². The standard InChI is InChI=1S/C17H16N2O/c1-12-8-14(11-18-10-12)17(20)9-13-6-7-19-16-5-3-2-4-15(13)16/h2-8,10-11,17,20H,9H2,1H3. The number of benzene rings is 1. The van der Waals surface area contributed by atoms with Gasteiger partial charge in [0.1, 0.15) is 0 Å². The molecule has 1 unspecified atom stereocenters. The molecule has 20 heavy (non-hydrogen) atoms. The molecule has 0 amide bonds. The van der Waals surface area contributed by atoms with Crippen molar-refractivity contribution in [3.8, 4) is 0 Å². The number of fused-ring (bicyclic) bond motifs is 1. The Labute approximate surface area is 117 Å². The van der Waals surface area contributed by atoms with Crippen LogP contribution in [0.5, 0.6) is 0 Å². The fourth-order valence-electron chi connectivity index (χ4n) is 2.42. The van der Waals surface area contributed by atoms with Crippen LogP contribution in [0.1, 0.15) is 22.8 Å². The maximum absolute atomic E-state index is 10.4. The van der Waals surface area contributed by atoms with Gasteiger partial charge in [-0.15, -0.1) is 0 Å². The van der Waals surface area contributed by atoms with Gasteiger partial charge in [0, 0.05) is 30.4 Å². The second-order valence-electron chi connectivity index (χ2n) is 5.00. The van der Waals surface area contributed by atoms with E-state index in [0.717, 1.165) is 27.6 Å². The number of aliphatic hydroxyl groups is 1. The van der Waals surface area contributed by atoms with E-state index in [1.165, 1.54) is 0 Å². The summed E-state index contributed by atoms with van der Waals surface area (Å²) in [5.41, 5.74) is 3.97. The normalized spacial score (nSPS) is 12.5. The van der Waals surface area contributed by atoms with Gasteiger partial charge in [-0.25, -0.2) is 0 Å². The highest BCUT2D eigenvalue weighted by atomic mass is 16.3. The van der Waals surface area contributed by atoms with E-state index in [4.69, 9.17) is 0 Å². The van der Waals surface area contributed by atoms with Gasteiger partial charge in [0.05, 0.1) is 11.6 Å². The smallest absolute Gasteiger partial charge is 0.0845 e. The molecule has 1 aromatic carbocycles. The highest BCUT2D eigenvalue weighted by Crippen LogP contribution is 2.23. The Bertz CT molecular complexity index is 734. The van der Waals surface area contributed by atoms with E-state index in [2.05, 4.69) is 9.97 Å². The number of nitrogens with zero attached hydrogens (tertiary/aromatic N) is 2. The van der Waals surface area contributed by atoms with Crippen LogP contribution in [0, 0.1) is 6.92 Å². The molecule has 0 radical (unpaired) electrons. The van der Waals surface area contributed by atoms with Gasteiger partial charge < -0.3 is 5.11 Å². The largest absolute Gasteiger partial charge is 0.388 e. The minimum atomic E-state index is -0.548. The molecule has 2 heterocycles. The minimum Gasteiger partial charge on any atom is -0.388 e. The molecular weight excluding hydrogens is 248 g/mol. The second-order valence-corrected chi connectivity index (χ2v) is 5.00. The Morgan fingerprint density at radius 1 is 1.15 bits per heavy atom. The van der Waals surface area contributed by atoms with Crippen molar-refractivity contribution in [1.82, 2.24) is 9.97 Å². The molecule has 0 spiro atoms. The maximum atomic E-state index is 10.4. The summed E-state index contributed by atoms with van der Waals surface area (Å²) in [6.45, 7) is 1.98. The van der Waals surface area contributed by atoms with Gasteiger partial charge in [-0.05, 0) is 35.7 Å². The molecule has 0 aliphatic heterocycles. The molecule has 0 saturated carbocycles. The molecule has 0 fully saturated rings. The lowest BCUT2D eigenvalue weighted by Crippen LogP contribution is -2.03. The van der Waals surface area contributed by atoms with Gasteiger partial charge in [0.25, 0.3) is 0 Å². The molecule has 0 aliphatic rings. The molecule has 3 rings (SSSR count). The third-order valence-electron chi connectivity index (χ3n) is 3.43. The van der Waals surface area contributed by atoms with Crippen molar-refractivity contribution in [2.24, 2.45) is 0 Å². The van der Waals surface area contributed by atoms with E-state index in [1.807, 2.05) is 43.3 Å². The van der Waals surface area contributed by atoms with Gasteiger partial charge in [-0.3, -0.25) is 9.97 Å². The summed E-state index contributed by atoms with van der Waals surface area (Å²) >= 11 is 0. The molecule has 3 heteroatoms. The van der Waals surface area contributed by atoms with Crippen LogP contribution in [0.4, 0.5) is 0 Å². The Kier molecular flexibility index (Phi) is 3.44. The highest BCUT2D eigenvalue weighted by molar-refractivity contribution is 5.81. The third-order valence-corrected chi connectivity index (χ3v) is 3.43. The van der Waals surface area contributed by atoms with E-state index in [-0.39, 0.29) is 0 Å². The minimum absolute atomic E-state index is 0.548. The zero-order valence-corrected chi connectivity index (χ0v) is 11.3. The zero-order chi connectivity index (χ0) is 13.9. The van der Waals surface area contributed by atoms with Crippen molar-refractivity contribution >= 4 is 10.9 Å². The van der Waals surface area contributed by atoms with E-state index < -0.39 is 6.10 Å². The molecule has 1 atom stereocenters. The van der Waals surface area contributed by atoms with Crippen molar-refractivity contribution in [2.75, 3.05) is 0 Å². The average Bonchev–Trinajstić information content (AvgIpc) is 2.47. The molecule has 0 bridgehead atoms. The fraction of sp³-hybridized carbons (Fsp3) is 0.176. The topological polar surface area (TPSA) is 46.0 Å². The van der Waals surface area contributed by atoms with E-state index in [9.17, 15) is 5.11 Å². The lowest BCUT2D eigenvalue weighted by Gasteiger charge is -2.13. The van der Waals surface area contributed by atoms with Crippen LogP contribution in [0.15, 0.2) is 55.0 Å². The summed E-state index contributed by atoms with van der Waals surface area (Å²) in [6.07, 6.45) is 5.32. The van der Waals surface area contributed by atoms with Crippen LogP contribution in [0.3, 0.4) is 0 Å². The van der Waals surface area contributed by atoms with Gasteiger partial charge in [0.15, 0.2) is 0 Å². The molecule has 0 saturated heterocycles. The SMILES string of the molecule is Cc1cncc(C(O)Cc2ccnc3ccccc23)c1. The predicted octanol–water partition coefficient (Wildman–Crippen LogP) is 3.21. The molecule has 0 aliphatic carbocycles. The number of hydrogen-bond acceptors (Lipinski definition) is 3. The first-order chi connectivity index (χ1) is 9.74. The maximum Gasteiger partial charge on any atom is 0.0845 e. The Morgan fingerprint density at radius 2 is 2.00 bits per heavy atom. The third kappa shape index (κ3) is 2.53. The summed E-state index contributed by atoms with van der Waals surface area (Å²) in [4.78, 5) is 8.48. The van der Waals surface area contributed by atoms with E-state index in [0.29, 0.717) is 6.42 Å². The van der Waals surface area contributed by atoms with Crippen LogP contribution in [0.2, 0.25) is 0 Å². The molecule has 100 valence electrons. The number of pyridine rings is 2. The second kappa shape index (κ2) is 5.39. The van der Waals surface area contributed by atoms with Gasteiger partial charge in [-0.2, -0.15) is 0 Å². The number of hydrogen-bond donors (Lipinski definition) is 1. The summed E-state index contributed by atoms with van der Waals surface area (Å²) in [7, 11) is 0. The number of aliphatic hydroxyl groups excluding tert-OH is 1. The number of aryl methyl sites for hydroxylation is 1. The van der Waals surface area contributed by atoms with Crippen molar-refractivity contribution < 1.29 is 5.11 Å². The fourth-order valence-corrected chi connectivity index (χ4v) is 2.42. The summed E-state index contributed by atoms with van der Waals surface area (Å²) < 4.78 is 0. The number of para-hydroxylation sites is 1. The van der Waals surface area contributed by atoms with E-state index >= 15 is 0 Å². The predicted molar refractivity (Wildman–Crippen MR) is 79.4 cm³/mol. The number of aromatic nitrogens is 2. The lowest BCUT2D eigenvalue weighted by atomic mass is 9.99. The van der Waals surface area contributed by atoms with Gasteiger partial charge >= 0.3 is 0 Å². The Balaban J connectivity index is 1.93. The first-order valence-electron chi connectivity index (χ1n) is 6.66. The summed E-state index contributed by atoms with van der Waals surface area (Å²) in [5.74, 6) is 0. The van der Waals surface area contributed by atoms with Crippen LogP contribution >= 0.6 is 0 Å². The van der Waals surface area contributed by atoms with Crippen molar-refractivity contribution in [3.63, 3.8) is 0 Å². The first-order valence-corrected chi connectivity index (χ1v) is 6.66. The lowest BCUT2D eigenvalue weighted by molar-refractivity contribution is 0.178. The first kappa shape index (κ1) is 12.8. The molecule has 3 nitrogen and oxygen atoms in total. The molecular formula is C17H16N2O. The summed E-state index contributed by atoms with van der Waals surface area (Å²) in [5, 5.41) is 11.5. The molecule has 2 aromatic heterocycles. The monoisotopic (exact) mass is 264 g/mol. The zero-order valence-electron chi connectivity index (χ0n) is 11.3. The number of rotatable bonds is 3. The Morgan fingerprint density at radius 3 is 2.85 bits per heavy atom. The summed E-state index contributed by atoms with van der Waals surface area (Å²) in [6, 6.07) is 11.9. The van der Waals surface area contributed by atoms with E-state index in [1.54, 1.807) is 18.6 Å². The highest BCUT2D eigenvalue weighted by Gasteiger charge is 2.11. The van der Waals surface area contributed by atoms with Crippen LogP contribution < -0.4 is 0 Å². The average molecular weight is 264 g/mol. The molecule has 1 N–H and O–H groups in total. The quantitative estimate of drug-likeness (QED) is 0.790. The van der Waals surface area contributed by atoms with Crippen LogP contribution in [-0.2, 0) is 6.42 Å². The van der Waals surface area contributed by atoms with Crippen molar-refractivity contribution in [2.45, 2.75) is 19.4 Å². The molecule has 3 aromatic rings. The van der Waals surface area contributed by atoms with Crippen LogP contribution in [-0.4, -0.2) is 15.1 Å².